The van der Waals surface area contributed by atoms with Crippen molar-refractivity contribution in [2.45, 2.75) is 12.8 Å². The molecule has 0 aliphatic rings. The fraction of sp³-hybridized carbons (Fsp3) is 0.333. The Labute approximate surface area is 98.5 Å². The lowest BCUT2D eigenvalue weighted by Crippen LogP contribution is -2.20. The smallest absolute Gasteiger partial charge is 0.310 e. The minimum absolute atomic E-state index is 0.634. The Kier molecular flexibility index (Phi) is 4.08. The molecule has 1 rings (SSSR count). The number of alkyl halides is 2. The number of ether oxygens (including phenoxy) is 1. The number of hydrogen-bond acceptors (Lipinski definition) is 5. The number of hydrogen-bond donors (Lipinski definition) is 1. The Hall–Kier alpha value is -2.32. The van der Waals surface area contributed by atoms with Gasteiger partial charge in [0.25, 0.3) is 17.7 Å². The highest BCUT2D eigenvalue weighted by Gasteiger charge is 2.28. The number of nitrogens with one attached hydrogen (secondary N) is 1. The summed E-state index contributed by atoms with van der Waals surface area (Å²) in [4.78, 5) is 33.8. The lowest BCUT2D eigenvalue weighted by Gasteiger charge is -2.07. The van der Waals surface area contributed by atoms with Crippen LogP contribution in [0.4, 0.5) is 14.5 Å². The Bertz CT molecular complexity index is 540. The van der Waals surface area contributed by atoms with Gasteiger partial charge in [0.2, 0.25) is 0 Å². The van der Waals surface area contributed by atoms with E-state index in [2.05, 4.69) is 4.74 Å². The molecule has 1 heterocycles. The summed E-state index contributed by atoms with van der Waals surface area (Å²) in [5.41, 5.74) is -3.65. The van der Waals surface area contributed by atoms with Crippen molar-refractivity contribution in [3.8, 4) is 0 Å². The number of H-pyrrole nitrogens is 1. The Morgan fingerprint density at radius 1 is 1.61 bits per heavy atom. The van der Waals surface area contributed by atoms with Crippen LogP contribution in [0.1, 0.15) is 17.6 Å². The molecule has 7 nitrogen and oxygen atoms in total. The van der Waals surface area contributed by atoms with Gasteiger partial charge in [-0.15, -0.1) is 0 Å². The minimum atomic E-state index is -3.23. The highest BCUT2D eigenvalue weighted by molar-refractivity contribution is 5.74. The normalized spacial score (nSPS) is 10.4. The Morgan fingerprint density at radius 2 is 2.22 bits per heavy atom. The van der Waals surface area contributed by atoms with E-state index in [-0.39, 0.29) is 0 Å². The van der Waals surface area contributed by atoms with Crippen LogP contribution in [-0.4, -0.2) is 23.0 Å². The number of halogens is 2. The third-order valence-corrected chi connectivity index (χ3v) is 2.18. The van der Waals surface area contributed by atoms with Crippen molar-refractivity contribution in [3.05, 3.63) is 37.8 Å². The van der Waals surface area contributed by atoms with Crippen LogP contribution in [0.5, 0.6) is 0 Å². The maximum atomic E-state index is 12.7. The number of aromatic nitrogens is 1. The zero-order valence-corrected chi connectivity index (χ0v) is 9.11. The van der Waals surface area contributed by atoms with Gasteiger partial charge in [-0.1, -0.05) is 0 Å². The summed E-state index contributed by atoms with van der Waals surface area (Å²) >= 11 is 0. The van der Waals surface area contributed by atoms with Crippen LogP contribution >= 0.6 is 0 Å². The summed E-state index contributed by atoms with van der Waals surface area (Å²) in [6.45, 7) is 0. The molecule has 0 aromatic carbocycles. The number of methoxy groups -OCH3 is 1. The van der Waals surface area contributed by atoms with Crippen molar-refractivity contribution in [1.29, 1.82) is 0 Å². The summed E-state index contributed by atoms with van der Waals surface area (Å²) in [5, 5.41) is 10.7. The highest BCUT2D eigenvalue weighted by Crippen LogP contribution is 2.26. The largest absolute Gasteiger partial charge is 0.469 e. The first-order valence-corrected chi connectivity index (χ1v) is 4.62. The summed E-state index contributed by atoms with van der Waals surface area (Å²) in [7, 11) is 1.00. The molecule has 1 aromatic heterocycles. The molecule has 0 spiro atoms. The first-order valence-electron chi connectivity index (χ1n) is 4.62. The molecule has 9 heteroatoms. The Morgan fingerprint density at radius 3 is 2.67 bits per heavy atom. The number of rotatable bonds is 4. The second-order valence-corrected chi connectivity index (χ2v) is 3.21. The van der Waals surface area contributed by atoms with Gasteiger partial charge in [0.1, 0.15) is 0 Å². The molecule has 0 radical (unpaired) electrons. The molecule has 1 aromatic rings. The molecular weight excluding hydrogens is 254 g/mol. The van der Waals surface area contributed by atoms with Crippen molar-refractivity contribution >= 4 is 11.7 Å². The number of carbonyl (C=O) groups is 1. The van der Waals surface area contributed by atoms with Gasteiger partial charge >= 0.3 is 5.97 Å². The standard InChI is InChI=1S/C9H8F2N2O5/c1-18-6(14)2-4-5(13(16)17)3-12-9(15)7(4)8(10)11/h3,8H,2H2,1H3,(H,12,15). The summed E-state index contributed by atoms with van der Waals surface area (Å²) < 4.78 is 29.6. The van der Waals surface area contributed by atoms with Gasteiger partial charge in [0.15, 0.2) is 0 Å². The molecule has 0 saturated heterocycles. The molecule has 1 N–H and O–H groups in total. The maximum Gasteiger partial charge on any atom is 0.310 e. The fourth-order valence-corrected chi connectivity index (χ4v) is 1.37. The second-order valence-electron chi connectivity index (χ2n) is 3.21. The van der Waals surface area contributed by atoms with Crippen LogP contribution in [0, 0.1) is 10.1 Å². The molecule has 0 atom stereocenters. The number of carbonyl (C=O) groups excluding carboxylic acids is 1. The van der Waals surface area contributed by atoms with Crippen LogP contribution < -0.4 is 5.56 Å². The highest BCUT2D eigenvalue weighted by atomic mass is 19.3. The number of esters is 1. The third-order valence-electron chi connectivity index (χ3n) is 2.18. The lowest BCUT2D eigenvalue weighted by atomic mass is 10.1. The third kappa shape index (κ3) is 2.67. The molecule has 98 valence electrons. The number of nitro groups is 1. The van der Waals surface area contributed by atoms with Gasteiger partial charge < -0.3 is 9.72 Å². The average molecular weight is 262 g/mol. The first kappa shape index (κ1) is 13.7. The average Bonchev–Trinajstić information content (AvgIpc) is 2.27. The lowest BCUT2D eigenvalue weighted by molar-refractivity contribution is -0.386. The molecule has 0 aliphatic carbocycles. The van der Waals surface area contributed by atoms with E-state index in [1.807, 2.05) is 4.98 Å². The predicted octanol–water partition coefficient (Wildman–Crippen LogP) is 0.936. The molecule has 0 amide bonds. The van der Waals surface area contributed by atoms with E-state index in [4.69, 9.17) is 0 Å². The summed E-state index contributed by atoms with van der Waals surface area (Å²) in [6.07, 6.45) is -3.32. The van der Waals surface area contributed by atoms with E-state index in [1.54, 1.807) is 0 Å². The van der Waals surface area contributed by atoms with Crippen LogP contribution in [0.3, 0.4) is 0 Å². The van der Waals surface area contributed by atoms with E-state index in [0.29, 0.717) is 6.20 Å². The van der Waals surface area contributed by atoms with Crippen LogP contribution in [0.25, 0.3) is 0 Å². The molecule has 0 bridgehead atoms. The zero-order valence-electron chi connectivity index (χ0n) is 9.11. The Balaban J connectivity index is 3.48. The first-order chi connectivity index (χ1) is 8.38. The summed E-state index contributed by atoms with van der Waals surface area (Å²) in [6, 6.07) is 0. The van der Waals surface area contributed by atoms with Crippen molar-refractivity contribution in [2.75, 3.05) is 7.11 Å². The van der Waals surface area contributed by atoms with Gasteiger partial charge in [-0.25, -0.2) is 8.78 Å². The van der Waals surface area contributed by atoms with Crippen molar-refractivity contribution < 1.29 is 23.2 Å². The van der Waals surface area contributed by atoms with Gasteiger partial charge in [0, 0.05) is 0 Å². The number of nitrogens with zero attached hydrogens (tertiary/aromatic N) is 1. The van der Waals surface area contributed by atoms with Crippen LogP contribution in [0.2, 0.25) is 0 Å². The fourth-order valence-electron chi connectivity index (χ4n) is 1.37. The van der Waals surface area contributed by atoms with E-state index in [0.717, 1.165) is 7.11 Å². The van der Waals surface area contributed by atoms with Gasteiger partial charge in [-0.3, -0.25) is 19.7 Å². The topological polar surface area (TPSA) is 102 Å². The maximum absolute atomic E-state index is 12.7. The number of aromatic amines is 1. The SMILES string of the molecule is COC(=O)Cc1c([N+](=O)[O-])c[nH]c(=O)c1C(F)F. The molecule has 18 heavy (non-hydrogen) atoms. The van der Waals surface area contributed by atoms with Crippen molar-refractivity contribution in [3.63, 3.8) is 0 Å². The molecule has 0 saturated carbocycles. The monoisotopic (exact) mass is 262 g/mol. The van der Waals surface area contributed by atoms with Crippen molar-refractivity contribution in [1.82, 2.24) is 4.98 Å². The van der Waals surface area contributed by atoms with Crippen molar-refractivity contribution in [2.24, 2.45) is 0 Å². The van der Waals surface area contributed by atoms with Gasteiger partial charge in [-0.2, -0.15) is 0 Å². The second kappa shape index (κ2) is 5.34. The molecule has 0 aliphatic heterocycles. The van der Waals surface area contributed by atoms with E-state index in [1.165, 1.54) is 0 Å². The van der Waals surface area contributed by atoms with E-state index < -0.39 is 46.1 Å². The molecular formula is C9H8F2N2O5. The molecule has 0 fully saturated rings. The quantitative estimate of drug-likeness (QED) is 0.494. The van der Waals surface area contributed by atoms with Crippen LogP contribution in [-0.2, 0) is 16.0 Å². The van der Waals surface area contributed by atoms with Gasteiger partial charge in [0.05, 0.1) is 35.8 Å². The summed E-state index contributed by atoms with van der Waals surface area (Å²) in [5.74, 6) is -0.953. The van der Waals surface area contributed by atoms with Crippen LogP contribution in [0.15, 0.2) is 11.0 Å². The van der Waals surface area contributed by atoms with E-state index >= 15 is 0 Å². The predicted molar refractivity (Wildman–Crippen MR) is 54.4 cm³/mol. The minimum Gasteiger partial charge on any atom is -0.469 e. The molecule has 0 unspecified atom stereocenters. The van der Waals surface area contributed by atoms with E-state index in [9.17, 15) is 28.5 Å². The number of pyridine rings is 1. The zero-order chi connectivity index (χ0) is 13.9. The van der Waals surface area contributed by atoms with Gasteiger partial charge in [-0.05, 0) is 0 Å².